The minimum atomic E-state index is -0.528. The molecule has 0 amide bonds. The lowest BCUT2D eigenvalue weighted by atomic mass is 10.1. The summed E-state index contributed by atoms with van der Waals surface area (Å²) in [7, 11) is 2.15. The molecule has 1 fully saturated rings. The van der Waals surface area contributed by atoms with Gasteiger partial charge in [0.15, 0.2) is 0 Å². The molecule has 1 saturated carbocycles. The first-order valence-electron chi connectivity index (χ1n) is 7.46. The molecule has 0 saturated heterocycles. The summed E-state index contributed by atoms with van der Waals surface area (Å²) in [5.41, 5.74) is 0.523. The maximum Gasteiger partial charge on any atom is 0.130 e. The Kier molecular flexibility index (Phi) is 5.49. The first kappa shape index (κ1) is 15.4. The number of likely N-dealkylation sites (N-methyl/N-ethyl adjacent to an activating group) is 1. The number of hydrogen-bond donors (Lipinski definition) is 1. The first-order valence-corrected chi connectivity index (χ1v) is 7.46. The molecule has 1 aliphatic carbocycles. The Balaban J connectivity index is 1.78. The molecular formula is C16H24F2N2. The SMILES string of the molecule is CC(NCCN(C)C1CCCC1)c1ccc(F)cc1F. The molecule has 20 heavy (non-hydrogen) atoms. The highest BCUT2D eigenvalue weighted by molar-refractivity contribution is 5.21. The van der Waals surface area contributed by atoms with Gasteiger partial charge in [-0.2, -0.15) is 0 Å². The predicted molar refractivity (Wildman–Crippen MR) is 77.7 cm³/mol. The zero-order valence-corrected chi connectivity index (χ0v) is 12.3. The smallest absolute Gasteiger partial charge is 0.130 e. The molecule has 4 heteroatoms. The van der Waals surface area contributed by atoms with Gasteiger partial charge in [-0.15, -0.1) is 0 Å². The first-order chi connectivity index (χ1) is 9.58. The van der Waals surface area contributed by atoms with Crippen LogP contribution in [0.25, 0.3) is 0 Å². The van der Waals surface area contributed by atoms with E-state index in [9.17, 15) is 8.78 Å². The van der Waals surface area contributed by atoms with Crippen LogP contribution in [-0.2, 0) is 0 Å². The molecule has 2 rings (SSSR count). The molecule has 112 valence electrons. The molecule has 0 aliphatic heterocycles. The van der Waals surface area contributed by atoms with E-state index in [2.05, 4.69) is 17.3 Å². The minimum absolute atomic E-state index is 0.104. The van der Waals surface area contributed by atoms with Gasteiger partial charge < -0.3 is 10.2 Å². The zero-order valence-electron chi connectivity index (χ0n) is 12.3. The van der Waals surface area contributed by atoms with Gasteiger partial charge >= 0.3 is 0 Å². The maximum atomic E-state index is 13.6. The highest BCUT2D eigenvalue weighted by Crippen LogP contribution is 2.22. The van der Waals surface area contributed by atoms with Crippen LogP contribution in [0.15, 0.2) is 18.2 Å². The van der Waals surface area contributed by atoms with Gasteiger partial charge in [0.25, 0.3) is 0 Å². The largest absolute Gasteiger partial charge is 0.309 e. The third-order valence-corrected chi connectivity index (χ3v) is 4.29. The molecule has 1 aromatic carbocycles. The van der Waals surface area contributed by atoms with Crippen LogP contribution in [0.3, 0.4) is 0 Å². The van der Waals surface area contributed by atoms with E-state index in [-0.39, 0.29) is 6.04 Å². The Morgan fingerprint density at radius 1 is 1.30 bits per heavy atom. The van der Waals surface area contributed by atoms with Crippen LogP contribution < -0.4 is 5.32 Å². The third kappa shape index (κ3) is 4.00. The van der Waals surface area contributed by atoms with Gasteiger partial charge in [0, 0.05) is 36.8 Å². The average Bonchev–Trinajstić information content (AvgIpc) is 2.92. The molecule has 1 aliphatic rings. The number of benzene rings is 1. The van der Waals surface area contributed by atoms with Gasteiger partial charge in [-0.05, 0) is 32.9 Å². The fraction of sp³-hybridized carbons (Fsp3) is 0.625. The van der Waals surface area contributed by atoms with Gasteiger partial charge in [0.05, 0.1) is 0 Å². The van der Waals surface area contributed by atoms with Crippen LogP contribution >= 0.6 is 0 Å². The summed E-state index contributed by atoms with van der Waals surface area (Å²) in [6.45, 7) is 3.68. The molecule has 1 atom stereocenters. The molecular weight excluding hydrogens is 258 g/mol. The number of nitrogens with zero attached hydrogens (tertiary/aromatic N) is 1. The van der Waals surface area contributed by atoms with E-state index < -0.39 is 11.6 Å². The summed E-state index contributed by atoms with van der Waals surface area (Å²) in [5.74, 6) is -1.01. The molecule has 1 unspecified atom stereocenters. The standard InChI is InChI=1S/C16H24F2N2/c1-12(15-8-7-13(17)11-16(15)18)19-9-10-20(2)14-5-3-4-6-14/h7-8,11-12,14,19H,3-6,9-10H2,1-2H3. The van der Waals surface area contributed by atoms with E-state index in [1.54, 1.807) is 0 Å². The van der Waals surface area contributed by atoms with E-state index in [1.807, 2.05) is 6.92 Å². The van der Waals surface area contributed by atoms with Gasteiger partial charge in [0.2, 0.25) is 0 Å². The van der Waals surface area contributed by atoms with Gasteiger partial charge in [0.1, 0.15) is 11.6 Å². The van der Waals surface area contributed by atoms with Gasteiger partial charge in [-0.1, -0.05) is 18.9 Å². The minimum Gasteiger partial charge on any atom is -0.309 e. The van der Waals surface area contributed by atoms with Crippen molar-refractivity contribution in [3.8, 4) is 0 Å². The van der Waals surface area contributed by atoms with E-state index in [0.29, 0.717) is 11.6 Å². The summed E-state index contributed by atoms with van der Waals surface area (Å²) in [6, 6.07) is 4.37. The lowest BCUT2D eigenvalue weighted by Crippen LogP contribution is -2.36. The van der Waals surface area contributed by atoms with Crippen molar-refractivity contribution in [2.45, 2.75) is 44.7 Å². The van der Waals surface area contributed by atoms with Crippen LogP contribution in [0, 0.1) is 11.6 Å². The van der Waals surface area contributed by atoms with Crippen LogP contribution in [0.5, 0.6) is 0 Å². The molecule has 1 N–H and O–H groups in total. The zero-order chi connectivity index (χ0) is 14.5. The van der Waals surface area contributed by atoms with Crippen molar-refractivity contribution >= 4 is 0 Å². The fourth-order valence-electron chi connectivity index (χ4n) is 2.95. The Morgan fingerprint density at radius 2 is 2.00 bits per heavy atom. The molecule has 0 heterocycles. The van der Waals surface area contributed by atoms with Gasteiger partial charge in [-0.3, -0.25) is 0 Å². The van der Waals surface area contributed by atoms with Crippen molar-refractivity contribution in [3.63, 3.8) is 0 Å². The lowest BCUT2D eigenvalue weighted by Gasteiger charge is -2.25. The lowest BCUT2D eigenvalue weighted by molar-refractivity contribution is 0.242. The van der Waals surface area contributed by atoms with E-state index in [1.165, 1.54) is 37.8 Å². The molecule has 0 bridgehead atoms. The highest BCUT2D eigenvalue weighted by atomic mass is 19.1. The number of rotatable bonds is 6. The maximum absolute atomic E-state index is 13.6. The van der Waals surface area contributed by atoms with Crippen molar-refractivity contribution in [1.29, 1.82) is 0 Å². The van der Waals surface area contributed by atoms with Crippen LogP contribution in [-0.4, -0.2) is 31.1 Å². The quantitative estimate of drug-likeness (QED) is 0.859. The van der Waals surface area contributed by atoms with Crippen molar-refractivity contribution in [3.05, 3.63) is 35.4 Å². The molecule has 1 aromatic rings. The third-order valence-electron chi connectivity index (χ3n) is 4.29. The average molecular weight is 282 g/mol. The monoisotopic (exact) mass is 282 g/mol. The van der Waals surface area contributed by atoms with E-state index in [0.717, 1.165) is 19.2 Å². The second kappa shape index (κ2) is 7.14. The van der Waals surface area contributed by atoms with Gasteiger partial charge in [-0.25, -0.2) is 8.78 Å². The summed E-state index contributed by atoms with van der Waals surface area (Å²) >= 11 is 0. The number of nitrogens with one attached hydrogen (secondary N) is 1. The van der Waals surface area contributed by atoms with Crippen LogP contribution in [0.4, 0.5) is 8.78 Å². The normalized spacial score (nSPS) is 17.9. The van der Waals surface area contributed by atoms with Crippen molar-refractivity contribution in [2.75, 3.05) is 20.1 Å². The van der Waals surface area contributed by atoms with E-state index >= 15 is 0 Å². The van der Waals surface area contributed by atoms with Crippen LogP contribution in [0.2, 0.25) is 0 Å². The highest BCUT2D eigenvalue weighted by Gasteiger charge is 2.19. The Bertz CT molecular complexity index is 430. The molecule has 0 aromatic heterocycles. The van der Waals surface area contributed by atoms with Crippen LogP contribution in [0.1, 0.15) is 44.2 Å². The summed E-state index contributed by atoms with van der Waals surface area (Å²) in [5, 5.41) is 3.31. The Morgan fingerprint density at radius 3 is 2.65 bits per heavy atom. The Hall–Kier alpha value is -1.00. The van der Waals surface area contributed by atoms with Crippen molar-refractivity contribution in [2.24, 2.45) is 0 Å². The second-order valence-electron chi connectivity index (χ2n) is 5.76. The summed E-state index contributed by atoms with van der Waals surface area (Å²) in [6.07, 6.45) is 5.25. The predicted octanol–water partition coefficient (Wildman–Crippen LogP) is 3.49. The molecule has 0 spiro atoms. The topological polar surface area (TPSA) is 15.3 Å². The van der Waals surface area contributed by atoms with Crippen molar-refractivity contribution < 1.29 is 8.78 Å². The number of hydrogen-bond acceptors (Lipinski definition) is 2. The van der Waals surface area contributed by atoms with Crippen molar-refractivity contribution in [1.82, 2.24) is 10.2 Å². The van der Waals surface area contributed by atoms with E-state index in [4.69, 9.17) is 0 Å². The molecule has 0 radical (unpaired) electrons. The summed E-state index contributed by atoms with van der Waals surface area (Å²) < 4.78 is 26.5. The second-order valence-corrected chi connectivity index (χ2v) is 5.76. The molecule has 2 nitrogen and oxygen atoms in total. The summed E-state index contributed by atoms with van der Waals surface area (Å²) in [4.78, 5) is 2.38. The fourth-order valence-corrected chi connectivity index (χ4v) is 2.95. The number of halogens is 2. The Labute approximate surface area is 120 Å².